The lowest BCUT2D eigenvalue weighted by molar-refractivity contribution is -0.143. The SMILES string of the molecule is CCCC(C)(C(=O)O)c1c(-c2ccccc2)nc(N2CCCCC2)nc1-c1ccc(C)cc1. The molecule has 1 atom stereocenters. The van der Waals surface area contributed by atoms with Gasteiger partial charge in [-0.1, -0.05) is 73.5 Å². The van der Waals surface area contributed by atoms with Crippen LogP contribution in [0, 0.1) is 6.92 Å². The Labute approximate surface area is 196 Å². The van der Waals surface area contributed by atoms with Crippen molar-refractivity contribution in [1.29, 1.82) is 0 Å². The number of hydrogen-bond acceptors (Lipinski definition) is 4. The van der Waals surface area contributed by atoms with Crippen LogP contribution in [0.3, 0.4) is 0 Å². The number of piperidine rings is 1. The molecule has 1 N–H and O–H groups in total. The highest BCUT2D eigenvalue weighted by molar-refractivity contribution is 5.89. The molecule has 5 heteroatoms. The molecule has 0 spiro atoms. The van der Waals surface area contributed by atoms with E-state index in [-0.39, 0.29) is 0 Å². The van der Waals surface area contributed by atoms with Crippen LogP contribution in [0.1, 0.15) is 57.1 Å². The summed E-state index contributed by atoms with van der Waals surface area (Å²) in [5.74, 6) is -0.152. The second kappa shape index (κ2) is 9.74. The van der Waals surface area contributed by atoms with Crippen LogP contribution >= 0.6 is 0 Å². The zero-order valence-corrected chi connectivity index (χ0v) is 19.8. The number of benzene rings is 2. The van der Waals surface area contributed by atoms with Gasteiger partial charge in [0.25, 0.3) is 0 Å². The Morgan fingerprint density at radius 2 is 1.52 bits per heavy atom. The minimum absolute atomic E-state index is 0.507. The average molecular weight is 444 g/mol. The molecular formula is C28H33N3O2. The summed E-state index contributed by atoms with van der Waals surface area (Å²) >= 11 is 0. The van der Waals surface area contributed by atoms with E-state index in [1.807, 2.05) is 56.3 Å². The number of carbonyl (C=O) groups is 1. The molecule has 1 aliphatic rings. The summed E-state index contributed by atoms with van der Waals surface area (Å²) < 4.78 is 0. The molecule has 0 saturated carbocycles. The molecule has 172 valence electrons. The molecule has 0 aliphatic carbocycles. The first-order valence-corrected chi connectivity index (χ1v) is 12.0. The quantitative estimate of drug-likeness (QED) is 0.467. The number of aryl methyl sites for hydroxylation is 1. The van der Waals surface area contributed by atoms with Crippen LogP contribution in [0.15, 0.2) is 54.6 Å². The number of nitrogens with zero attached hydrogens (tertiary/aromatic N) is 3. The lowest BCUT2D eigenvalue weighted by Gasteiger charge is -2.32. The molecule has 4 rings (SSSR count). The van der Waals surface area contributed by atoms with Crippen LogP contribution in [0.5, 0.6) is 0 Å². The van der Waals surface area contributed by atoms with Crippen LogP contribution in [0.25, 0.3) is 22.5 Å². The van der Waals surface area contributed by atoms with Crippen molar-refractivity contribution in [2.45, 2.75) is 58.3 Å². The predicted molar refractivity (Wildman–Crippen MR) is 134 cm³/mol. The van der Waals surface area contributed by atoms with E-state index < -0.39 is 11.4 Å². The van der Waals surface area contributed by atoms with Crippen molar-refractivity contribution in [1.82, 2.24) is 9.97 Å². The van der Waals surface area contributed by atoms with E-state index >= 15 is 0 Å². The first kappa shape index (κ1) is 23.0. The monoisotopic (exact) mass is 443 g/mol. The molecule has 0 amide bonds. The minimum Gasteiger partial charge on any atom is -0.481 e. The van der Waals surface area contributed by atoms with E-state index in [2.05, 4.69) is 24.0 Å². The summed E-state index contributed by atoms with van der Waals surface area (Å²) in [6.07, 6.45) is 4.72. The van der Waals surface area contributed by atoms with Crippen LogP contribution in [0.4, 0.5) is 5.95 Å². The maximum atomic E-state index is 12.8. The third kappa shape index (κ3) is 4.63. The molecule has 1 aliphatic heterocycles. The number of anilines is 1. The number of carboxylic acids is 1. The van der Waals surface area contributed by atoms with Gasteiger partial charge in [-0.05, 0) is 39.5 Å². The highest BCUT2D eigenvalue weighted by atomic mass is 16.4. The number of aliphatic carboxylic acids is 1. The van der Waals surface area contributed by atoms with Crippen molar-refractivity contribution in [2.24, 2.45) is 0 Å². The van der Waals surface area contributed by atoms with E-state index in [1.54, 1.807) is 0 Å². The second-order valence-electron chi connectivity index (χ2n) is 9.26. The molecule has 3 aromatic rings. The maximum absolute atomic E-state index is 12.8. The van der Waals surface area contributed by atoms with E-state index in [9.17, 15) is 9.90 Å². The number of hydrogen-bond donors (Lipinski definition) is 1. The average Bonchev–Trinajstić information content (AvgIpc) is 2.85. The topological polar surface area (TPSA) is 66.3 Å². The van der Waals surface area contributed by atoms with Crippen molar-refractivity contribution in [2.75, 3.05) is 18.0 Å². The molecule has 0 radical (unpaired) electrons. The van der Waals surface area contributed by atoms with Gasteiger partial charge in [-0.3, -0.25) is 4.79 Å². The predicted octanol–water partition coefficient (Wildman–Crippen LogP) is 6.25. The summed E-state index contributed by atoms with van der Waals surface area (Å²) in [6.45, 7) is 7.75. The molecule has 5 nitrogen and oxygen atoms in total. The lowest BCUT2D eigenvalue weighted by Crippen LogP contribution is -2.36. The van der Waals surface area contributed by atoms with E-state index in [1.165, 1.54) is 6.42 Å². The Balaban J connectivity index is 2.06. The summed E-state index contributed by atoms with van der Waals surface area (Å²) in [6, 6.07) is 18.2. The molecular weight excluding hydrogens is 410 g/mol. The Hall–Kier alpha value is -3.21. The number of carboxylic acid groups (broad SMARTS) is 1. The smallest absolute Gasteiger partial charge is 0.313 e. The molecule has 33 heavy (non-hydrogen) atoms. The van der Waals surface area contributed by atoms with Crippen molar-refractivity contribution in [3.8, 4) is 22.5 Å². The molecule has 1 fully saturated rings. The fraction of sp³-hybridized carbons (Fsp3) is 0.393. The van der Waals surface area contributed by atoms with Gasteiger partial charge in [0.2, 0.25) is 5.95 Å². The first-order chi connectivity index (χ1) is 15.9. The van der Waals surface area contributed by atoms with Crippen LogP contribution < -0.4 is 4.90 Å². The fourth-order valence-electron chi connectivity index (χ4n) is 4.77. The van der Waals surface area contributed by atoms with Gasteiger partial charge in [-0.25, -0.2) is 9.97 Å². The normalized spacial score (nSPS) is 15.8. The maximum Gasteiger partial charge on any atom is 0.313 e. The largest absolute Gasteiger partial charge is 0.481 e. The van der Waals surface area contributed by atoms with Crippen molar-refractivity contribution in [3.63, 3.8) is 0 Å². The molecule has 2 aromatic carbocycles. The molecule has 2 heterocycles. The van der Waals surface area contributed by atoms with E-state index in [4.69, 9.17) is 9.97 Å². The van der Waals surface area contributed by atoms with Gasteiger partial charge < -0.3 is 10.0 Å². The van der Waals surface area contributed by atoms with Gasteiger partial charge >= 0.3 is 5.97 Å². The third-order valence-electron chi connectivity index (χ3n) is 6.68. The van der Waals surface area contributed by atoms with E-state index in [0.29, 0.717) is 17.9 Å². The summed E-state index contributed by atoms with van der Waals surface area (Å²) in [4.78, 5) is 25.1. The highest BCUT2D eigenvalue weighted by Crippen LogP contribution is 2.42. The zero-order valence-electron chi connectivity index (χ0n) is 19.8. The molecule has 1 saturated heterocycles. The Morgan fingerprint density at radius 1 is 0.939 bits per heavy atom. The Morgan fingerprint density at radius 3 is 2.06 bits per heavy atom. The molecule has 0 bridgehead atoms. The lowest BCUT2D eigenvalue weighted by atomic mass is 9.75. The summed E-state index contributed by atoms with van der Waals surface area (Å²) in [5.41, 5.74) is 4.04. The molecule has 1 aromatic heterocycles. The van der Waals surface area contributed by atoms with E-state index in [0.717, 1.165) is 60.4 Å². The van der Waals surface area contributed by atoms with Crippen molar-refractivity contribution < 1.29 is 9.90 Å². The van der Waals surface area contributed by atoms with Crippen molar-refractivity contribution >= 4 is 11.9 Å². The van der Waals surface area contributed by atoms with Crippen molar-refractivity contribution in [3.05, 3.63) is 65.7 Å². The summed E-state index contributed by atoms with van der Waals surface area (Å²) in [5, 5.41) is 10.5. The Bertz CT molecular complexity index is 1110. The highest BCUT2D eigenvalue weighted by Gasteiger charge is 2.40. The zero-order chi connectivity index (χ0) is 23.4. The summed E-state index contributed by atoms with van der Waals surface area (Å²) in [7, 11) is 0. The van der Waals surface area contributed by atoms with Gasteiger partial charge in [-0.2, -0.15) is 0 Å². The standard InChI is InChI=1S/C28H33N3O2/c1-4-17-28(3,26(32)33)23-24(21-11-7-5-8-12-21)29-27(31-18-9-6-10-19-31)30-25(23)22-15-13-20(2)14-16-22/h5,7-8,11-16H,4,6,9-10,17-19H2,1-3H3,(H,32,33). The second-order valence-corrected chi connectivity index (χ2v) is 9.26. The Kier molecular flexibility index (Phi) is 6.77. The number of aromatic nitrogens is 2. The molecule has 1 unspecified atom stereocenters. The van der Waals surface area contributed by atoms with Crippen LogP contribution in [-0.4, -0.2) is 34.1 Å². The third-order valence-corrected chi connectivity index (χ3v) is 6.68. The van der Waals surface area contributed by atoms with Gasteiger partial charge in [0.05, 0.1) is 16.8 Å². The fourth-order valence-corrected chi connectivity index (χ4v) is 4.77. The van der Waals surface area contributed by atoms with Crippen LogP contribution in [-0.2, 0) is 10.2 Å². The van der Waals surface area contributed by atoms with Gasteiger partial charge in [0, 0.05) is 29.8 Å². The van der Waals surface area contributed by atoms with Gasteiger partial charge in [0.15, 0.2) is 0 Å². The minimum atomic E-state index is -1.11. The first-order valence-electron chi connectivity index (χ1n) is 12.0. The van der Waals surface area contributed by atoms with Crippen LogP contribution in [0.2, 0.25) is 0 Å². The van der Waals surface area contributed by atoms with Gasteiger partial charge in [-0.15, -0.1) is 0 Å². The number of rotatable bonds is 7. The van der Waals surface area contributed by atoms with Gasteiger partial charge in [0.1, 0.15) is 0 Å².